The van der Waals surface area contributed by atoms with Crippen LogP contribution in [0.3, 0.4) is 0 Å². The number of benzene rings is 1. The van der Waals surface area contributed by atoms with Crippen molar-refractivity contribution in [3.05, 3.63) is 47.8 Å². The Hall–Kier alpha value is -1.61. The monoisotopic (exact) mass is 202 g/mol. The van der Waals surface area contributed by atoms with Crippen molar-refractivity contribution < 1.29 is 5.11 Å². The smallest absolute Gasteiger partial charge is 0.0782 e. The molecule has 0 bridgehead atoms. The molecule has 2 aromatic rings. The first-order valence-electron chi connectivity index (χ1n) is 4.97. The number of para-hydroxylation sites is 1. The van der Waals surface area contributed by atoms with Crippen LogP contribution in [-0.4, -0.2) is 14.9 Å². The Bertz CT molecular complexity index is 460. The minimum Gasteiger partial charge on any atom is -0.389 e. The summed E-state index contributed by atoms with van der Waals surface area (Å²) in [4.78, 5) is 0. The lowest BCUT2D eigenvalue weighted by Gasteiger charge is -2.11. The highest BCUT2D eigenvalue weighted by Gasteiger charge is 2.08. The molecule has 0 fully saturated rings. The maximum Gasteiger partial charge on any atom is 0.0782 e. The molecule has 1 atom stereocenters. The lowest BCUT2D eigenvalue weighted by atomic mass is 10.1. The van der Waals surface area contributed by atoms with Gasteiger partial charge in [-0.15, -0.1) is 0 Å². The quantitative estimate of drug-likeness (QED) is 0.811. The van der Waals surface area contributed by atoms with Gasteiger partial charge in [0.25, 0.3) is 0 Å². The Balaban J connectivity index is 2.52. The molecule has 0 aliphatic heterocycles. The van der Waals surface area contributed by atoms with Crippen molar-refractivity contribution in [1.29, 1.82) is 0 Å². The maximum absolute atomic E-state index is 9.63. The SMILES string of the molecule is Cc1cnn(-c2ccccc2[C@H](C)O)c1. The van der Waals surface area contributed by atoms with Crippen LogP contribution in [0.5, 0.6) is 0 Å². The fraction of sp³-hybridized carbons (Fsp3) is 0.250. The minimum atomic E-state index is -0.481. The highest BCUT2D eigenvalue weighted by Crippen LogP contribution is 2.20. The van der Waals surface area contributed by atoms with Gasteiger partial charge in [-0.05, 0) is 25.5 Å². The van der Waals surface area contributed by atoms with Gasteiger partial charge in [-0.3, -0.25) is 0 Å². The zero-order valence-electron chi connectivity index (χ0n) is 8.88. The van der Waals surface area contributed by atoms with Crippen LogP contribution in [0.25, 0.3) is 5.69 Å². The molecule has 3 nitrogen and oxygen atoms in total. The van der Waals surface area contributed by atoms with Crippen LogP contribution in [0.4, 0.5) is 0 Å². The van der Waals surface area contributed by atoms with Gasteiger partial charge in [-0.1, -0.05) is 18.2 Å². The van der Waals surface area contributed by atoms with Crippen molar-refractivity contribution in [2.24, 2.45) is 0 Å². The summed E-state index contributed by atoms with van der Waals surface area (Å²) < 4.78 is 1.79. The first-order chi connectivity index (χ1) is 7.18. The number of hydrogen-bond acceptors (Lipinski definition) is 2. The van der Waals surface area contributed by atoms with E-state index in [-0.39, 0.29) is 0 Å². The molecule has 1 aromatic heterocycles. The lowest BCUT2D eigenvalue weighted by Crippen LogP contribution is -2.02. The first kappa shape index (κ1) is 9.93. The molecule has 0 saturated heterocycles. The number of aryl methyl sites for hydroxylation is 1. The number of aromatic nitrogens is 2. The summed E-state index contributed by atoms with van der Waals surface area (Å²) in [5.74, 6) is 0. The molecule has 3 heteroatoms. The van der Waals surface area contributed by atoms with Gasteiger partial charge in [0.2, 0.25) is 0 Å². The predicted octanol–water partition coefficient (Wildman–Crippen LogP) is 2.23. The Labute approximate surface area is 89.0 Å². The predicted molar refractivity (Wildman–Crippen MR) is 58.9 cm³/mol. The Morgan fingerprint density at radius 2 is 2.07 bits per heavy atom. The van der Waals surface area contributed by atoms with Gasteiger partial charge in [0.1, 0.15) is 0 Å². The van der Waals surface area contributed by atoms with Crippen molar-refractivity contribution in [1.82, 2.24) is 9.78 Å². The second-order valence-electron chi connectivity index (χ2n) is 3.70. The fourth-order valence-electron chi connectivity index (χ4n) is 1.59. The van der Waals surface area contributed by atoms with Crippen LogP contribution in [0, 0.1) is 6.92 Å². The molecule has 0 saturated carbocycles. The third kappa shape index (κ3) is 1.92. The van der Waals surface area contributed by atoms with E-state index in [1.54, 1.807) is 17.8 Å². The average Bonchev–Trinajstić information content (AvgIpc) is 2.65. The molecule has 0 radical (unpaired) electrons. The van der Waals surface area contributed by atoms with E-state index in [1.807, 2.05) is 37.4 Å². The zero-order valence-corrected chi connectivity index (χ0v) is 8.88. The minimum absolute atomic E-state index is 0.481. The van der Waals surface area contributed by atoms with Crippen LogP contribution >= 0.6 is 0 Å². The van der Waals surface area contributed by atoms with Crippen molar-refractivity contribution in [3.63, 3.8) is 0 Å². The molecule has 0 amide bonds. The third-order valence-electron chi connectivity index (χ3n) is 2.35. The van der Waals surface area contributed by atoms with Crippen LogP contribution in [-0.2, 0) is 0 Å². The number of rotatable bonds is 2. The van der Waals surface area contributed by atoms with Gasteiger partial charge < -0.3 is 5.11 Å². The summed E-state index contributed by atoms with van der Waals surface area (Å²) in [7, 11) is 0. The van der Waals surface area contributed by atoms with Gasteiger partial charge in [0.05, 0.1) is 18.0 Å². The van der Waals surface area contributed by atoms with E-state index >= 15 is 0 Å². The van der Waals surface area contributed by atoms with Crippen LogP contribution in [0.1, 0.15) is 24.2 Å². The van der Waals surface area contributed by atoms with Crippen molar-refractivity contribution in [3.8, 4) is 5.69 Å². The molecule has 2 rings (SSSR count). The van der Waals surface area contributed by atoms with Crippen LogP contribution in [0.2, 0.25) is 0 Å². The van der Waals surface area contributed by atoms with E-state index < -0.39 is 6.10 Å². The summed E-state index contributed by atoms with van der Waals surface area (Å²) in [6, 6.07) is 7.73. The number of hydrogen-bond donors (Lipinski definition) is 1. The highest BCUT2D eigenvalue weighted by atomic mass is 16.3. The molecule has 1 heterocycles. The summed E-state index contributed by atoms with van der Waals surface area (Å²) >= 11 is 0. The fourth-order valence-corrected chi connectivity index (χ4v) is 1.59. The van der Waals surface area contributed by atoms with Crippen LogP contribution in [0.15, 0.2) is 36.7 Å². The third-order valence-corrected chi connectivity index (χ3v) is 2.35. The van der Waals surface area contributed by atoms with E-state index in [0.29, 0.717) is 0 Å². The van der Waals surface area contributed by atoms with Gasteiger partial charge in [0.15, 0.2) is 0 Å². The molecule has 78 valence electrons. The van der Waals surface area contributed by atoms with E-state index in [1.165, 1.54) is 0 Å². The molecule has 1 aromatic carbocycles. The Morgan fingerprint density at radius 1 is 1.33 bits per heavy atom. The molecular weight excluding hydrogens is 188 g/mol. The number of nitrogens with zero attached hydrogens (tertiary/aromatic N) is 2. The van der Waals surface area contributed by atoms with Gasteiger partial charge in [-0.2, -0.15) is 5.10 Å². The van der Waals surface area contributed by atoms with E-state index in [9.17, 15) is 5.11 Å². The first-order valence-corrected chi connectivity index (χ1v) is 4.97. The Morgan fingerprint density at radius 3 is 2.67 bits per heavy atom. The maximum atomic E-state index is 9.63. The topological polar surface area (TPSA) is 38.0 Å². The standard InChI is InChI=1S/C12H14N2O/c1-9-7-13-14(8-9)12-6-4-3-5-11(12)10(2)15/h3-8,10,15H,1-2H3/t10-/m0/s1. The van der Waals surface area contributed by atoms with E-state index in [0.717, 1.165) is 16.8 Å². The van der Waals surface area contributed by atoms with Gasteiger partial charge >= 0.3 is 0 Å². The van der Waals surface area contributed by atoms with Crippen molar-refractivity contribution in [2.75, 3.05) is 0 Å². The number of aliphatic hydroxyl groups excluding tert-OH is 1. The normalized spacial score (nSPS) is 12.7. The van der Waals surface area contributed by atoms with Crippen molar-refractivity contribution in [2.45, 2.75) is 20.0 Å². The van der Waals surface area contributed by atoms with E-state index in [4.69, 9.17) is 0 Å². The second-order valence-corrected chi connectivity index (χ2v) is 3.70. The summed E-state index contributed by atoms with van der Waals surface area (Å²) in [6.45, 7) is 3.75. The summed E-state index contributed by atoms with van der Waals surface area (Å²) in [5, 5.41) is 13.9. The Kier molecular flexibility index (Phi) is 2.56. The summed E-state index contributed by atoms with van der Waals surface area (Å²) in [5.41, 5.74) is 2.93. The molecule has 0 aliphatic carbocycles. The zero-order chi connectivity index (χ0) is 10.8. The molecule has 0 spiro atoms. The molecule has 0 unspecified atom stereocenters. The largest absolute Gasteiger partial charge is 0.389 e. The lowest BCUT2D eigenvalue weighted by molar-refractivity contribution is 0.199. The highest BCUT2D eigenvalue weighted by molar-refractivity contribution is 5.41. The molecule has 0 aliphatic rings. The molecular formula is C12H14N2O. The summed E-state index contributed by atoms with van der Waals surface area (Å²) in [6.07, 6.45) is 3.27. The van der Waals surface area contributed by atoms with Gasteiger partial charge in [-0.25, -0.2) is 4.68 Å². The van der Waals surface area contributed by atoms with Gasteiger partial charge in [0, 0.05) is 11.8 Å². The molecule has 1 N–H and O–H groups in total. The van der Waals surface area contributed by atoms with Crippen LogP contribution < -0.4 is 0 Å². The van der Waals surface area contributed by atoms with E-state index in [2.05, 4.69) is 5.10 Å². The molecule has 15 heavy (non-hydrogen) atoms. The average molecular weight is 202 g/mol. The second kappa shape index (κ2) is 3.87. The number of aliphatic hydroxyl groups is 1. The van der Waals surface area contributed by atoms with Crippen molar-refractivity contribution >= 4 is 0 Å².